The topological polar surface area (TPSA) is 68.0 Å². The predicted octanol–water partition coefficient (Wildman–Crippen LogP) is 5.07. The number of thioether (sulfide) groups is 1. The van der Waals surface area contributed by atoms with Gasteiger partial charge >= 0.3 is 6.18 Å². The minimum absolute atomic E-state index is 0.227. The number of halogens is 4. The van der Waals surface area contributed by atoms with Gasteiger partial charge in [-0.05, 0) is 43.7 Å². The molecule has 0 aliphatic rings. The first-order valence-corrected chi connectivity index (χ1v) is 9.78. The molecule has 1 N–H and O–H groups in total. The van der Waals surface area contributed by atoms with Crippen molar-refractivity contribution in [1.29, 1.82) is 0 Å². The molecule has 0 saturated carbocycles. The minimum atomic E-state index is -4.73. The van der Waals surface area contributed by atoms with Crippen LogP contribution in [0, 0.1) is 19.7 Å². The highest BCUT2D eigenvalue weighted by Crippen LogP contribution is 2.33. The predicted molar refractivity (Wildman–Crippen MR) is 102 cm³/mol. The maximum atomic E-state index is 13.2. The maximum Gasteiger partial charge on any atom is 0.416 e. The number of benzene rings is 1. The van der Waals surface area contributed by atoms with E-state index in [1.54, 1.807) is 19.9 Å². The van der Waals surface area contributed by atoms with Crippen molar-refractivity contribution in [1.82, 2.24) is 15.5 Å². The quantitative estimate of drug-likeness (QED) is 0.429. The fraction of sp³-hybridized carbons (Fsp3) is 0.250. The number of amides is 1. The van der Waals surface area contributed by atoms with E-state index < -0.39 is 30.0 Å². The van der Waals surface area contributed by atoms with Crippen LogP contribution in [0.3, 0.4) is 0 Å². The zero-order chi connectivity index (χ0) is 21.9. The normalized spacial score (nSPS) is 11.5. The molecule has 1 amide bonds. The van der Waals surface area contributed by atoms with Crippen molar-refractivity contribution in [3.8, 4) is 0 Å². The van der Waals surface area contributed by atoms with E-state index in [1.807, 2.05) is 0 Å². The Morgan fingerprint density at radius 1 is 1.23 bits per heavy atom. The fourth-order valence-corrected chi connectivity index (χ4v) is 3.91. The lowest BCUT2D eigenvalue weighted by atomic mass is 10.1. The summed E-state index contributed by atoms with van der Waals surface area (Å²) in [5.74, 6) is -0.448. The van der Waals surface area contributed by atoms with Crippen molar-refractivity contribution in [3.63, 3.8) is 0 Å². The summed E-state index contributed by atoms with van der Waals surface area (Å²) in [5.41, 5.74) is 0.494. The number of aryl methyl sites for hydroxylation is 2. The van der Waals surface area contributed by atoms with Gasteiger partial charge in [0.05, 0.1) is 16.8 Å². The van der Waals surface area contributed by atoms with Gasteiger partial charge in [0.1, 0.15) is 16.6 Å². The summed E-state index contributed by atoms with van der Waals surface area (Å²) in [7, 11) is 0. The van der Waals surface area contributed by atoms with Gasteiger partial charge in [0, 0.05) is 24.1 Å². The second kappa shape index (κ2) is 8.86. The van der Waals surface area contributed by atoms with Crippen LogP contribution < -0.4 is 5.32 Å². The molecule has 0 atom stereocenters. The summed E-state index contributed by atoms with van der Waals surface area (Å²) in [5, 5.41) is 6.76. The molecule has 0 bridgehead atoms. The van der Waals surface area contributed by atoms with Crippen molar-refractivity contribution < 1.29 is 26.9 Å². The van der Waals surface area contributed by atoms with Gasteiger partial charge in [-0.2, -0.15) is 13.2 Å². The van der Waals surface area contributed by atoms with Crippen LogP contribution in [0.4, 0.5) is 17.6 Å². The van der Waals surface area contributed by atoms with Gasteiger partial charge in [-0.25, -0.2) is 9.37 Å². The number of aromatic nitrogens is 2. The Kier molecular flexibility index (Phi) is 6.45. The van der Waals surface area contributed by atoms with Crippen LogP contribution >= 0.6 is 11.8 Å². The zero-order valence-corrected chi connectivity index (χ0v) is 16.8. The summed E-state index contributed by atoms with van der Waals surface area (Å²) in [4.78, 5) is 16.8. The number of nitrogens with zero attached hydrogens (tertiary/aromatic N) is 2. The molecule has 10 heteroatoms. The van der Waals surface area contributed by atoms with Gasteiger partial charge in [0.2, 0.25) is 0 Å². The summed E-state index contributed by atoms with van der Waals surface area (Å²) in [6.45, 7) is 3.18. The number of pyridine rings is 1. The van der Waals surface area contributed by atoms with Crippen LogP contribution in [0.15, 0.2) is 46.1 Å². The molecule has 30 heavy (non-hydrogen) atoms. The van der Waals surface area contributed by atoms with E-state index >= 15 is 0 Å². The third kappa shape index (κ3) is 4.99. The number of hydrogen-bond donors (Lipinski definition) is 1. The van der Waals surface area contributed by atoms with Crippen LogP contribution in [0.1, 0.15) is 38.5 Å². The zero-order valence-electron chi connectivity index (χ0n) is 16.0. The van der Waals surface area contributed by atoms with Crippen molar-refractivity contribution in [2.75, 3.05) is 0 Å². The molecule has 0 spiro atoms. The van der Waals surface area contributed by atoms with E-state index in [4.69, 9.17) is 4.52 Å². The van der Waals surface area contributed by atoms with Gasteiger partial charge in [0.15, 0.2) is 0 Å². The molecular weight excluding hydrogens is 422 g/mol. The maximum absolute atomic E-state index is 13.2. The Balaban J connectivity index is 1.74. The Morgan fingerprint density at radius 2 is 2.00 bits per heavy atom. The SMILES string of the molecule is Cc1noc(C)c1CSc1ncccc1C(=O)NCc1ccc(F)cc1C(F)(F)F. The molecule has 0 radical (unpaired) electrons. The number of carbonyl (C=O) groups is 1. The van der Waals surface area contributed by atoms with Gasteiger partial charge in [-0.15, -0.1) is 11.8 Å². The lowest BCUT2D eigenvalue weighted by Gasteiger charge is -2.14. The van der Waals surface area contributed by atoms with Crippen LogP contribution in [-0.2, 0) is 18.5 Å². The molecule has 3 rings (SSSR count). The summed E-state index contributed by atoms with van der Waals surface area (Å²) in [6, 6.07) is 5.44. The third-order valence-corrected chi connectivity index (χ3v) is 5.40. The Labute approximate surface area is 173 Å². The number of rotatable bonds is 6. The highest BCUT2D eigenvalue weighted by Gasteiger charge is 2.33. The van der Waals surface area contributed by atoms with E-state index in [-0.39, 0.29) is 11.1 Å². The second-order valence-corrected chi connectivity index (χ2v) is 7.39. The molecule has 0 unspecified atom stereocenters. The number of nitrogens with one attached hydrogen (secondary N) is 1. The van der Waals surface area contributed by atoms with Crippen molar-refractivity contribution in [3.05, 3.63) is 76.1 Å². The van der Waals surface area contributed by atoms with Gasteiger partial charge < -0.3 is 9.84 Å². The Hall–Kier alpha value is -2.88. The molecule has 2 aromatic heterocycles. The first-order chi connectivity index (χ1) is 14.2. The molecule has 158 valence electrons. The lowest BCUT2D eigenvalue weighted by Crippen LogP contribution is -2.25. The Morgan fingerprint density at radius 3 is 2.67 bits per heavy atom. The first kappa shape index (κ1) is 21.8. The Bertz CT molecular complexity index is 1050. The average Bonchev–Trinajstić information content (AvgIpc) is 3.02. The van der Waals surface area contributed by atoms with Crippen molar-refractivity contribution in [2.45, 2.75) is 37.3 Å². The van der Waals surface area contributed by atoms with Crippen molar-refractivity contribution >= 4 is 17.7 Å². The highest BCUT2D eigenvalue weighted by atomic mass is 32.2. The van der Waals surface area contributed by atoms with Gasteiger partial charge in [-0.3, -0.25) is 4.79 Å². The van der Waals surface area contributed by atoms with E-state index in [1.165, 1.54) is 24.0 Å². The summed E-state index contributed by atoms with van der Waals surface area (Å²) >= 11 is 1.29. The van der Waals surface area contributed by atoms with Crippen LogP contribution in [-0.4, -0.2) is 16.0 Å². The molecule has 0 fully saturated rings. The average molecular weight is 439 g/mol. The fourth-order valence-electron chi connectivity index (χ4n) is 2.76. The largest absolute Gasteiger partial charge is 0.416 e. The van der Waals surface area contributed by atoms with E-state index in [0.29, 0.717) is 22.6 Å². The van der Waals surface area contributed by atoms with Crippen molar-refractivity contribution in [2.24, 2.45) is 0 Å². The van der Waals surface area contributed by atoms with Gasteiger partial charge in [-0.1, -0.05) is 11.2 Å². The highest BCUT2D eigenvalue weighted by molar-refractivity contribution is 7.98. The van der Waals surface area contributed by atoms with Crippen LogP contribution in [0.2, 0.25) is 0 Å². The number of carbonyl (C=O) groups excluding carboxylic acids is 1. The third-order valence-electron chi connectivity index (χ3n) is 4.37. The van der Waals surface area contributed by atoms with E-state index in [9.17, 15) is 22.4 Å². The van der Waals surface area contributed by atoms with Gasteiger partial charge in [0.25, 0.3) is 5.91 Å². The molecular formula is C20H17F4N3O2S. The molecule has 2 heterocycles. The molecule has 0 aliphatic heterocycles. The molecule has 0 saturated heterocycles. The second-order valence-electron chi connectivity index (χ2n) is 6.43. The first-order valence-electron chi connectivity index (χ1n) is 8.80. The molecule has 1 aromatic carbocycles. The standard InChI is InChI=1S/C20H17F4N3O2S/c1-11-16(12(2)29-27-11)10-30-19-15(4-3-7-25-19)18(28)26-9-13-5-6-14(21)8-17(13)20(22,23)24/h3-8H,9-10H2,1-2H3,(H,26,28). The molecule has 0 aliphatic carbocycles. The molecule has 5 nitrogen and oxygen atoms in total. The van der Waals surface area contributed by atoms with E-state index in [2.05, 4.69) is 15.5 Å². The molecule has 3 aromatic rings. The summed E-state index contributed by atoms with van der Waals surface area (Å²) < 4.78 is 57.8. The number of hydrogen-bond acceptors (Lipinski definition) is 5. The minimum Gasteiger partial charge on any atom is -0.361 e. The van der Waals surface area contributed by atoms with E-state index in [0.717, 1.165) is 23.4 Å². The summed E-state index contributed by atoms with van der Waals surface area (Å²) in [6.07, 6.45) is -3.21. The monoisotopic (exact) mass is 439 g/mol. The smallest absolute Gasteiger partial charge is 0.361 e. The number of alkyl halides is 3. The van der Waals surface area contributed by atoms with Crippen LogP contribution in [0.5, 0.6) is 0 Å². The lowest BCUT2D eigenvalue weighted by molar-refractivity contribution is -0.138. The van der Waals surface area contributed by atoms with Crippen LogP contribution in [0.25, 0.3) is 0 Å².